The van der Waals surface area contributed by atoms with E-state index in [1.807, 2.05) is 18.0 Å². The molecule has 0 saturated carbocycles. The molecule has 0 bridgehead atoms. The van der Waals surface area contributed by atoms with E-state index in [1.54, 1.807) is 6.07 Å². The third-order valence-corrected chi connectivity index (χ3v) is 2.73. The predicted octanol–water partition coefficient (Wildman–Crippen LogP) is 2.79. The van der Waals surface area contributed by atoms with E-state index in [0.29, 0.717) is 19.0 Å². The first-order valence-corrected chi connectivity index (χ1v) is 6.42. The molecule has 2 rings (SSSR count). The number of benzene rings is 1. The molecule has 0 amide bonds. The summed E-state index contributed by atoms with van der Waals surface area (Å²) in [5, 5.41) is 3.91. The topological polar surface area (TPSA) is 42.2 Å². The number of hydrogen-bond acceptors (Lipinski definition) is 4. The van der Waals surface area contributed by atoms with Gasteiger partial charge in [-0.3, -0.25) is 4.90 Å². The van der Waals surface area contributed by atoms with E-state index in [4.69, 9.17) is 4.52 Å². The molecule has 19 heavy (non-hydrogen) atoms. The standard InChI is InChI=1S/C14H18FN3O/c1-3-5-13-16-14(19-17-13)10-18(2)9-11-6-4-7-12(15)8-11/h4,6-8H,3,5,9-10H2,1-2H3. The summed E-state index contributed by atoms with van der Waals surface area (Å²) in [6.07, 6.45) is 1.83. The Morgan fingerprint density at radius 1 is 1.32 bits per heavy atom. The van der Waals surface area contributed by atoms with E-state index in [0.717, 1.165) is 24.2 Å². The zero-order chi connectivity index (χ0) is 13.7. The van der Waals surface area contributed by atoms with Gasteiger partial charge in [0.15, 0.2) is 5.82 Å². The molecule has 0 fully saturated rings. The molecule has 0 atom stereocenters. The molecule has 1 heterocycles. The molecule has 0 aliphatic heterocycles. The largest absolute Gasteiger partial charge is 0.338 e. The predicted molar refractivity (Wildman–Crippen MR) is 69.9 cm³/mol. The van der Waals surface area contributed by atoms with E-state index in [9.17, 15) is 4.39 Å². The van der Waals surface area contributed by atoms with Gasteiger partial charge in [0.05, 0.1) is 6.54 Å². The minimum Gasteiger partial charge on any atom is -0.338 e. The van der Waals surface area contributed by atoms with E-state index in [-0.39, 0.29) is 5.82 Å². The van der Waals surface area contributed by atoms with Crippen molar-refractivity contribution in [1.82, 2.24) is 15.0 Å². The van der Waals surface area contributed by atoms with Crippen LogP contribution < -0.4 is 0 Å². The van der Waals surface area contributed by atoms with Crippen molar-refractivity contribution in [2.24, 2.45) is 0 Å². The van der Waals surface area contributed by atoms with Gasteiger partial charge >= 0.3 is 0 Å². The molecular formula is C14H18FN3O. The highest BCUT2D eigenvalue weighted by molar-refractivity contribution is 5.16. The highest BCUT2D eigenvalue weighted by atomic mass is 19.1. The summed E-state index contributed by atoms with van der Waals surface area (Å²) in [5.41, 5.74) is 0.927. The fourth-order valence-electron chi connectivity index (χ4n) is 1.91. The Morgan fingerprint density at radius 3 is 2.89 bits per heavy atom. The van der Waals surface area contributed by atoms with Crippen molar-refractivity contribution in [3.8, 4) is 0 Å². The molecule has 0 radical (unpaired) electrons. The zero-order valence-corrected chi connectivity index (χ0v) is 11.3. The molecule has 5 heteroatoms. The quantitative estimate of drug-likeness (QED) is 0.803. The average Bonchev–Trinajstić information content (AvgIpc) is 2.77. The normalized spacial score (nSPS) is 11.2. The summed E-state index contributed by atoms with van der Waals surface area (Å²) in [6.45, 7) is 3.28. The minimum absolute atomic E-state index is 0.214. The van der Waals surface area contributed by atoms with Crippen LogP contribution >= 0.6 is 0 Å². The van der Waals surface area contributed by atoms with Crippen LogP contribution in [0.15, 0.2) is 28.8 Å². The Morgan fingerprint density at radius 2 is 2.16 bits per heavy atom. The van der Waals surface area contributed by atoms with E-state index < -0.39 is 0 Å². The molecule has 0 saturated heterocycles. The number of aryl methyl sites for hydroxylation is 1. The Bertz CT molecular complexity index is 527. The van der Waals surface area contributed by atoms with Crippen LogP contribution in [0.4, 0.5) is 4.39 Å². The van der Waals surface area contributed by atoms with Gasteiger partial charge < -0.3 is 4.52 Å². The molecular weight excluding hydrogens is 245 g/mol. The van der Waals surface area contributed by atoms with Crippen molar-refractivity contribution in [2.75, 3.05) is 7.05 Å². The van der Waals surface area contributed by atoms with Crippen LogP contribution in [-0.4, -0.2) is 22.1 Å². The van der Waals surface area contributed by atoms with E-state index in [2.05, 4.69) is 17.1 Å². The van der Waals surface area contributed by atoms with Gasteiger partial charge in [-0.2, -0.15) is 4.98 Å². The molecule has 0 aliphatic rings. The van der Waals surface area contributed by atoms with E-state index >= 15 is 0 Å². The maximum absolute atomic E-state index is 13.1. The fraction of sp³-hybridized carbons (Fsp3) is 0.429. The lowest BCUT2D eigenvalue weighted by atomic mass is 10.2. The van der Waals surface area contributed by atoms with Crippen LogP contribution in [0.2, 0.25) is 0 Å². The first-order valence-electron chi connectivity index (χ1n) is 6.42. The smallest absolute Gasteiger partial charge is 0.240 e. The maximum atomic E-state index is 13.1. The van der Waals surface area contributed by atoms with Crippen molar-refractivity contribution in [1.29, 1.82) is 0 Å². The third kappa shape index (κ3) is 4.13. The molecule has 1 aromatic heterocycles. The summed E-state index contributed by atoms with van der Waals surface area (Å²) < 4.78 is 18.2. The molecule has 0 aliphatic carbocycles. The summed E-state index contributed by atoms with van der Waals surface area (Å²) >= 11 is 0. The van der Waals surface area contributed by atoms with Gasteiger partial charge in [-0.15, -0.1) is 0 Å². The lowest BCUT2D eigenvalue weighted by Crippen LogP contribution is -2.17. The average molecular weight is 263 g/mol. The lowest BCUT2D eigenvalue weighted by Gasteiger charge is -2.13. The van der Waals surface area contributed by atoms with Crippen LogP contribution in [0.25, 0.3) is 0 Å². The summed E-state index contributed by atoms with van der Waals surface area (Å²) in [6, 6.07) is 6.59. The van der Waals surface area contributed by atoms with Crippen LogP contribution in [0.5, 0.6) is 0 Å². The second-order valence-corrected chi connectivity index (χ2v) is 4.66. The zero-order valence-electron chi connectivity index (χ0n) is 11.3. The summed E-state index contributed by atoms with van der Waals surface area (Å²) in [7, 11) is 1.94. The van der Waals surface area contributed by atoms with Crippen molar-refractivity contribution in [2.45, 2.75) is 32.9 Å². The van der Waals surface area contributed by atoms with Gasteiger partial charge in [0.25, 0.3) is 0 Å². The molecule has 0 N–H and O–H groups in total. The van der Waals surface area contributed by atoms with Gasteiger partial charge in [-0.05, 0) is 31.2 Å². The number of hydrogen-bond donors (Lipinski definition) is 0. The summed E-state index contributed by atoms with van der Waals surface area (Å²) in [5.74, 6) is 1.13. The second kappa shape index (κ2) is 6.43. The van der Waals surface area contributed by atoms with Crippen molar-refractivity contribution < 1.29 is 8.91 Å². The third-order valence-electron chi connectivity index (χ3n) is 2.73. The number of halogens is 1. The minimum atomic E-state index is -0.214. The van der Waals surface area contributed by atoms with Crippen LogP contribution in [0.3, 0.4) is 0 Å². The van der Waals surface area contributed by atoms with Crippen LogP contribution in [-0.2, 0) is 19.5 Å². The Hall–Kier alpha value is -1.75. The fourth-order valence-corrected chi connectivity index (χ4v) is 1.91. The van der Waals surface area contributed by atoms with E-state index in [1.165, 1.54) is 12.1 Å². The van der Waals surface area contributed by atoms with Crippen molar-refractivity contribution in [3.05, 3.63) is 47.4 Å². The van der Waals surface area contributed by atoms with Gasteiger partial charge in [0, 0.05) is 13.0 Å². The number of nitrogens with zero attached hydrogens (tertiary/aromatic N) is 3. The van der Waals surface area contributed by atoms with Gasteiger partial charge in [-0.25, -0.2) is 4.39 Å². The number of rotatable bonds is 6. The molecule has 2 aromatic rings. The van der Waals surface area contributed by atoms with Crippen LogP contribution in [0, 0.1) is 5.82 Å². The Kier molecular flexibility index (Phi) is 4.63. The maximum Gasteiger partial charge on any atom is 0.240 e. The lowest BCUT2D eigenvalue weighted by molar-refractivity contribution is 0.260. The SMILES string of the molecule is CCCc1noc(CN(C)Cc2cccc(F)c2)n1. The molecule has 1 aromatic carbocycles. The first-order chi connectivity index (χ1) is 9.17. The molecule has 0 spiro atoms. The van der Waals surface area contributed by atoms with Crippen LogP contribution in [0.1, 0.15) is 30.6 Å². The highest BCUT2D eigenvalue weighted by Gasteiger charge is 2.09. The second-order valence-electron chi connectivity index (χ2n) is 4.66. The number of aromatic nitrogens is 2. The molecule has 4 nitrogen and oxygen atoms in total. The van der Waals surface area contributed by atoms with Gasteiger partial charge in [0.1, 0.15) is 5.82 Å². The highest BCUT2D eigenvalue weighted by Crippen LogP contribution is 2.09. The first kappa shape index (κ1) is 13.7. The Balaban J connectivity index is 1.91. The monoisotopic (exact) mass is 263 g/mol. The van der Waals surface area contributed by atoms with Crippen molar-refractivity contribution in [3.63, 3.8) is 0 Å². The molecule has 102 valence electrons. The summed E-state index contributed by atoms with van der Waals surface area (Å²) in [4.78, 5) is 6.32. The van der Waals surface area contributed by atoms with Gasteiger partial charge in [-0.1, -0.05) is 24.2 Å². The molecule has 0 unspecified atom stereocenters. The Labute approximate surface area is 112 Å². The van der Waals surface area contributed by atoms with Crippen molar-refractivity contribution >= 4 is 0 Å². The van der Waals surface area contributed by atoms with Gasteiger partial charge in [0.2, 0.25) is 5.89 Å².